The van der Waals surface area contributed by atoms with E-state index in [1.54, 1.807) is 12.1 Å². The highest BCUT2D eigenvalue weighted by molar-refractivity contribution is 6.30. The monoisotopic (exact) mass is 422 g/mol. The third-order valence-electron chi connectivity index (χ3n) is 6.14. The van der Waals surface area contributed by atoms with E-state index in [-0.39, 0.29) is 29.1 Å². The van der Waals surface area contributed by atoms with Gasteiger partial charge >= 0.3 is 0 Å². The zero-order chi connectivity index (χ0) is 20.8. The third kappa shape index (κ3) is 3.33. The van der Waals surface area contributed by atoms with Gasteiger partial charge in [0.25, 0.3) is 11.5 Å². The second kappa shape index (κ2) is 7.40. The van der Waals surface area contributed by atoms with E-state index in [9.17, 15) is 14.0 Å². The van der Waals surface area contributed by atoms with E-state index in [1.165, 1.54) is 24.3 Å². The van der Waals surface area contributed by atoms with Crippen LogP contribution < -0.4 is 5.56 Å². The molecule has 1 saturated heterocycles. The van der Waals surface area contributed by atoms with Crippen LogP contribution in [0.15, 0.2) is 65.5 Å². The van der Waals surface area contributed by atoms with Gasteiger partial charge < -0.3 is 9.47 Å². The largest absolute Gasteiger partial charge is 0.338 e. The number of piperidine rings is 1. The predicted molar refractivity (Wildman–Crippen MR) is 114 cm³/mol. The van der Waals surface area contributed by atoms with Crippen molar-refractivity contribution >= 4 is 17.5 Å². The van der Waals surface area contributed by atoms with E-state index in [4.69, 9.17) is 11.6 Å². The zero-order valence-corrected chi connectivity index (χ0v) is 17.0. The fourth-order valence-corrected chi connectivity index (χ4v) is 4.86. The summed E-state index contributed by atoms with van der Waals surface area (Å²) in [5.41, 5.74) is 2.98. The van der Waals surface area contributed by atoms with Crippen LogP contribution in [-0.4, -0.2) is 28.5 Å². The quantitative estimate of drug-likeness (QED) is 0.607. The first-order chi connectivity index (χ1) is 14.5. The minimum atomic E-state index is -0.355. The number of likely N-dealkylation sites (tertiary alicyclic amines) is 1. The maximum absolute atomic E-state index is 13.2. The summed E-state index contributed by atoms with van der Waals surface area (Å²) in [5, 5.41) is 0.636. The van der Waals surface area contributed by atoms with Gasteiger partial charge in [0, 0.05) is 47.4 Å². The van der Waals surface area contributed by atoms with Crippen molar-refractivity contribution in [1.82, 2.24) is 9.47 Å². The van der Waals surface area contributed by atoms with Gasteiger partial charge in [0.2, 0.25) is 0 Å². The van der Waals surface area contributed by atoms with Crippen LogP contribution in [0.3, 0.4) is 0 Å². The topological polar surface area (TPSA) is 42.3 Å². The lowest BCUT2D eigenvalue weighted by molar-refractivity contribution is 0.0594. The van der Waals surface area contributed by atoms with Crippen LogP contribution >= 0.6 is 11.6 Å². The van der Waals surface area contributed by atoms with Gasteiger partial charge in [0.05, 0.1) is 0 Å². The number of amides is 1. The molecule has 0 radical (unpaired) electrons. The lowest BCUT2D eigenvalue weighted by Gasteiger charge is -2.43. The lowest BCUT2D eigenvalue weighted by Crippen LogP contribution is -2.49. The van der Waals surface area contributed by atoms with Crippen molar-refractivity contribution in [2.24, 2.45) is 5.92 Å². The number of hydrogen-bond donors (Lipinski definition) is 0. The van der Waals surface area contributed by atoms with Crippen LogP contribution in [0.2, 0.25) is 5.02 Å². The van der Waals surface area contributed by atoms with Gasteiger partial charge in [0.1, 0.15) is 5.82 Å². The second-order valence-corrected chi connectivity index (χ2v) is 8.55. The number of nitrogens with zero attached hydrogens (tertiary/aromatic N) is 2. The Morgan fingerprint density at radius 1 is 0.933 bits per heavy atom. The van der Waals surface area contributed by atoms with Crippen LogP contribution in [-0.2, 0) is 6.54 Å². The second-order valence-electron chi connectivity index (χ2n) is 8.11. The number of hydrogen-bond acceptors (Lipinski definition) is 2. The van der Waals surface area contributed by atoms with Gasteiger partial charge in [-0.25, -0.2) is 4.39 Å². The molecule has 0 N–H and O–H groups in total. The Kier molecular flexibility index (Phi) is 4.70. The van der Waals surface area contributed by atoms with Gasteiger partial charge in [-0.3, -0.25) is 9.59 Å². The van der Waals surface area contributed by atoms with Crippen LogP contribution in [0.4, 0.5) is 4.39 Å². The molecule has 3 heterocycles. The average Bonchev–Trinajstić information content (AvgIpc) is 2.75. The van der Waals surface area contributed by atoms with E-state index < -0.39 is 0 Å². The maximum Gasteiger partial charge on any atom is 0.258 e. The van der Waals surface area contributed by atoms with Crippen molar-refractivity contribution in [3.63, 3.8) is 0 Å². The molecule has 3 aromatic rings. The van der Waals surface area contributed by atoms with E-state index >= 15 is 0 Å². The van der Waals surface area contributed by atoms with Crippen LogP contribution in [0, 0.1) is 11.7 Å². The fraction of sp³-hybridized carbons (Fsp3) is 0.250. The Balaban J connectivity index is 1.45. The van der Waals surface area contributed by atoms with Crippen molar-refractivity contribution in [2.75, 3.05) is 13.1 Å². The number of fused-ring (bicyclic) bond motifs is 4. The normalized spacial score (nSPS) is 20.0. The molecule has 152 valence electrons. The molecule has 5 rings (SSSR count). The Morgan fingerprint density at radius 3 is 2.40 bits per heavy atom. The van der Waals surface area contributed by atoms with Gasteiger partial charge in [0.15, 0.2) is 0 Å². The summed E-state index contributed by atoms with van der Waals surface area (Å²) < 4.78 is 15.1. The number of carbonyl (C=O) groups is 1. The molecular weight excluding hydrogens is 403 g/mol. The van der Waals surface area contributed by atoms with E-state index in [2.05, 4.69) is 0 Å². The van der Waals surface area contributed by atoms with Crippen molar-refractivity contribution in [3.05, 3.63) is 93.1 Å². The molecule has 1 aromatic heterocycles. The highest BCUT2D eigenvalue weighted by Crippen LogP contribution is 2.36. The summed E-state index contributed by atoms with van der Waals surface area (Å²) in [7, 11) is 0. The molecule has 4 nitrogen and oxygen atoms in total. The summed E-state index contributed by atoms with van der Waals surface area (Å²) in [6.07, 6.45) is 0.965. The molecule has 2 aromatic carbocycles. The number of benzene rings is 2. The molecule has 1 amide bonds. The van der Waals surface area contributed by atoms with E-state index in [0.717, 1.165) is 17.7 Å². The van der Waals surface area contributed by atoms with Crippen molar-refractivity contribution in [2.45, 2.75) is 18.9 Å². The van der Waals surface area contributed by atoms with Gasteiger partial charge in [-0.2, -0.15) is 0 Å². The molecule has 30 heavy (non-hydrogen) atoms. The summed E-state index contributed by atoms with van der Waals surface area (Å²) in [6.45, 7) is 1.76. The molecule has 1 fully saturated rings. The number of pyridine rings is 1. The number of rotatable bonds is 2. The Bertz CT molecular complexity index is 1170. The fourth-order valence-electron chi connectivity index (χ4n) is 4.74. The Morgan fingerprint density at radius 2 is 1.67 bits per heavy atom. The maximum atomic E-state index is 13.2. The minimum absolute atomic E-state index is 0.00262. The van der Waals surface area contributed by atoms with Crippen molar-refractivity contribution < 1.29 is 9.18 Å². The standard InChI is InChI=1S/C24H20ClFN2O2/c25-19-5-1-16(2-6-19)21-9-10-22-18-11-15(13-28(22)24(21)30)12-27(14-18)23(29)17-3-7-20(26)8-4-17/h1-10,15,18H,11-14H2. The van der Waals surface area contributed by atoms with Crippen molar-refractivity contribution in [1.29, 1.82) is 0 Å². The summed E-state index contributed by atoms with van der Waals surface area (Å²) >= 11 is 5.98. The Hall–Kier alpha value is -2.92. The molecule has 0 spiro atoms. The molecule has 2 atom stereocenters. The first-order valence-electron chi connectivity index (χ1n) is 10.0. The highest BCUT2D eigenvalue weighted by Gasteiger charge is 2.37. The predicted octanol–water partition coefficient (Wildman–Crippen LogP) is 4.57. The van der Waals surface area contributed by atoms with Gasteiger partial charge in [-0.05, 0) is 66.4 Å². The molecule has 2 unspecified atom stereocenters. The number of halogens is 2. The first kappa shape index (κ1) is 19.1. The van der Waals surface area contributed by atoms with Crippen LogP contribution in [0.1, 0.15) is 28.4 Å². The molecule has 2 bridgehead atoms. The highest BCUT2D eigenvalue weighted by atomic mass is 35.5. The minimum Gasteiger partial charge on any atom is -0.338 e. The van der Waals surface area contributed by atoms with Gasteiger partial charge in [-0.15, -0.1) is 0 Å². The number of carbonyl (C=O) groups excluding carboxylic acids is 1. The Labute approximate surface area is 178 Å². The summed E-state index contributed by atoms with van der Waals surface area (Å²) in [6, 6.07) is 16.9. The number of aromatic nitrogens is 1. The van der Waals surface area contributed by atoms with E-state index in [1.807, 2.05) is 33.7 Å². The van der Waals surface area contributed by atoms with Crippen LogP contribution in [0.25, 0.3) is 11.1 Å². The molecule has 2 aliphatic heterocycles. The first-order valence-corrected chi connectivity index (χ1v) is 10.4. The van der Waals surface area contributed by atoms with Crippen LogP contribution in [0.5, 0.6) is 0 Å². The van der Waals surface area contributed by atoms with Crippen molar-refractivity contribution in [3.8, 4) is 11.1 Å². The average molecular weight is 423 g/mol. The zero-order valence-electron chi connectivity index (χ0n) is 16.2. The van der Waals surface area contributed by atoms with Gasteiger partial charge in [-0.1, -0.05) is 23.7 Å². The molecular formula is C24H20ClFN2O2. The molecule has 2 aliphatic rings. The smallest absolute Gasteiger partial charge is 0.258 e. The lowest BCUT2D eigenvalue weighted by atomic mass is 9.82. The summed E-state index contributed by atoms with van der Waals surface area (Å²) in [4.78, 5) is 28.0. The molecule has 0 saturated carbocycles. The summed E-state index contributed by atoms with van der Waals surface area (Å²) in [5.74, 6) is -0.0992. The third-order valence-corrected chi connectivity index (χ3v) is 6.39. The molecule has 0 aliphatic carbocycles. The SMILES string of the molecule is O=C(c1ccc(F)cc1)N1CC2CC(C1)c1ccc(-c3ccc(Cl)cc3)c(=O)n1C2. The molecule has 6 heteroatoms. The van der Waals surface area contributed by atoms with E-state index in [0.29, 0.717) is 35.8 Å².